The van der Waals surface area contributed by atoms with Crippen molar-refractivity contribution in [3.8, 4) is 0 Å². The predicted molar refractivity (Wildman–Crippen MR) is 109 cm³/mol. The Morgan fingerprint density at radius 2 is 1.93 bits per heavy atom. The number of fused-ring (bicyclic) bond motifs is 4. The van der Waals surface area contributed by atoms with Crippen LogP contribution in [0.25, 0.3) is 11.2 Å². The molecule has 9 heteroatoms. The van der Waals surface area contributed by atoms with Crippen molar-refractivity contribution in [2.24, 2.45) is 5.92 Å². The molecule has 9 nitrogen and oxygen atoms in total. The molecule has 3 aromatic rings. The normalized spacial score (nSPS) is 25.5. The zero-order valence-electron chi connectivity index (χ0n) is 16.5. The van der Waals surface area contributed by atoms with Gasteiger partial charge in [-0.3, -0.25) is 14.8 Å². The highest BCUT2D eigenvalue weighted by Gasteiger charge is 2.47. The van der Waals surface area contributed by atoms with Gasteiger partial charge >= 0.3 is 11.8 Å². The summed E-state index contributed by atoms with van der Waals surface area (Å²) in [5, 5.41) is 0. The van der Waals surface area contributed by atoms with Gasteiger partial charge in [0.2, 0.25) is 0 Å². The first-order valence-electron chi connectivity index (χ1n) is 10.3. The van der Waals surface area contributed by atoms with Gasteiger partial charge in [-0.2, -0.15) is 0 Å². The monoisotopic (exact) mass is 410 g/mol. The van der Waals surface area contributed by atoms with E-state index in [0.29, 0.717) is 5.92 Å². The highest BCUT2D eigenvalue weighted by atomic mass is 16.6. The van der Waals surface area contributed by atoms with E-state index in [-0.39, 0.29) is 17.3 Å². The molecule has 0 saturated carbocycles. The molecule has 5 heterocycles. The van der Waals surface area contributed by atoms with E-state index in [4.69, 9.17) is 4.74 Å². The van der Waals surface area contributed by atoms with Gasteiger partial charge in [0.15, 0.2) is 17.3 Å². The van der Waals surface area contributed by atoms with E-state index in [2.05, 4.69) is 39.2 Å². The van der Waals surface area contributed by atoms with Crippen LogP contribution in [-0.2, 0) is 11.2 Å². The smallest absolute Gasteiger partial charge is 0.421 e. The summed E-state index contributed by atoms with van der Waals surface area (Å²) in [6.45, 7) is 4.05. The maximum atomic E-state index is 12.8. The minimum absolute atomic E-state index is 0.00632. The van der Waals surface area contributed by atoms with Gasteiger partial charge in [-0.1, -0.05) is 30.3 Å². The van der Waals surface area contributed by atoms with E-state index in [1.165, 1.54) is 11.9 Å². The average molecular weight is 410 g/mol. The Labute approximate surface area is 171 Å². The summed E-state index contributed by atoms with van der Waals surface area (Å²) >= 11 is 0. The van der Waals surface area contributed by atoms with E-state index in [9.17, 15) is 14.4 Å². The highest BCUT2D eigenvalue weighted by molar-refractivity contribution is 5.83. The number of rotatable bonds is 4. The number of nitrogens with zero attached hydrogens (tertiary/aromatic N) is 3. The van der Waals surface area contributed by atoms with E-state index in [1.807, 2.05) is 6.07 Å². The van der Waals surface area contributed by atoms with Crippen LogP contribution in [0.3, 0.4) is 0 Å². The minimum atomic E-state index is -0.685. The number of aromatic nitrogens is 4. The molecule has 2 aromatic heterocycles. The second kappa shape index (κ2) is 7.24. The van der Waals surface area contributed by atoms with E-state index >= 15 is 0 Å². The Morgan fingerprint density at radius 1 is 1.17 bits per heavy atom. The summed E-state index contributed by atoms with van der Waals surface area (Å²) in [5.41, 5.74) is 0.0731. The number of carbonyl (C=O) groups excluding carboxylic acids is 1. The van der Waals surface area contributed by atoms with Gasteiger partial charge in [0.25, 0.3) is 5.56 Å². The van der Waals surface area contributed by atoms with Crippen LogP contribution in [0.1, 0.15) is 18.4 Å². The average Bonchev–Trinajstić information content (AvgIpc) is 3.18. The second-order valence-corrected chi connectivity index (χ2v) is 8.41. The van der Waals surface area contributed by atoms with Gasteiger partial charge in [-0.05, 0) is 5.56 Å². The van der Waals surface area contributed by atoms with E-state index in [0.717, 1.165) is 54.5 Å². The molecule has 0 aliphatic carbocycles. The molecule has 0 amide bonds. The molecule has 0 spiro atoms. The van der Waals surface area contributed by atoms with Gasteiger partial charge in [-0.25, -0.2) is 19.1 Å². The number of H-pyrrole nitrogens is 2. The van der Waals surface area contributed by atoms with Crippen molar-refractivity contribution in [3.63, 3.8) is 0 Å². The summed E-state index contributed by atoms with van der Waals surface area (Å²) in [4.78, 5) is 44.8. The van der Waals surface area contributed by atoms with Crippen LogP contribution < -0.4 is 11.2 Å². The first-order chi connectivity index (χ1) is 14.5. The number of aromatic amines is 2. The number of piperidine rings is 3. The van der Waals surface area contributed by atoms with Crippen molar-refractivity contribution in [1.82, 2.24) is 19.5 Å². The molecule has 6 rings (SSSR count). The Balaban J connectivity index is 1.32. The molecule has 1 aromatic carbocycles. The molecule has 3 saturated heterocycles. The molecule has 3 aliphatic heterocycles. The lowest BCUT2D eigenvalue weighted by molar-refractivity contribution is -0.945. The zero-order chi connectivity index (χ0) is 20.7. The summed E-state index contributed by atoms with van der Waals surface area (Å²) in [6, 6.07) is 10.5. The zero-order valence-corrected chi connectivity index (χ0v) is 16.5. The standard InChI is InChI=1S/C21H23N5O4/c27-19-17-18(23-20(28)24-19)25(13-22-17)21(29)30-16-12-26(10-7-15(16)8-11-26)9-6-14-4-2-1-3-5-14/h1-5,13,15-16H,6-12H2,(H-,23,24,27,28)/p+1/t15?,16-,26?/m0/s1. The van der Waals surface area contributed by atoms with Gasteiger partial charge < -0.3 is 9.22 Å². The number of imidazole rings is 1. The predicted octanol–water partition coefficient (Wildman–Crippen LogP) is 1.25. The Bertz CT molecular complexity index is 1190. The molecule has 2 bridgehead atoms. The number of carbonyl (C=O) groups is 1. The van der Waals surface area contributed by atoms with Crippen LogP contribution in [0.5, 0.6) is 0 Å². The third kappa shape index (κ3) is 3.35. The highest BCUT2D eigenvalue weighted by Crippen LogP contribution is 2.36. The van der Waals surface area contributed by atoms with Crippen LogP contribution in [-0.4, -0.2) is 62.4 Å². The van der Waals surface area contributed by atoms with Crippen LogP contribution >= 0.6 is 0 Å². The first kappa shape index (κ1) is 18.8. The second-order valence-electron chi connectivity index (χ2n) is 8.41. The fraction of sp³-hybridized carbons (Fsp3) is 0.429. The molecule has 1 atom stereocenters. The minimum Gasteiger partial charge on any atom is -0.439 e. The number of benzene rings is 1. The van der Waals surface area contributed by atoms with Crippen LogP contribution in [0.2, 0.25) is 0 Å². The van der Waals surface area contributed by atoms with Crippen LogP contribution in [0.15, 0.2) is 46.2 Å². The van der Waals surface area contributed by atoms with E-state index in [1.54, 1.807) is 0 Å². The molecule has 2 N–H and O–H groups in total. The molecule has 0 radical (unpaired) electrons. The lowest BCUT2D eigenvalue weighted by atomic mass is 9.83. The number of ether oxygens (including phenoxy) is 1. The van der Waals surface area contributed by atoms with Crippen molar-refractivity contribution in [3.05, 3.63) is 63.1 Å². The number of hydrogen-bond acceptors (Lipinski definition) is 5. The van der Waals surface area contributed by atoms with E-state index < -0.39 is 17.3 Å². The maximum Gasteiger partial charge on any atom is 0.421 e. The molecule has 0 unspecified atom stereocenters. The Kier molecular flexibility index (Phi) is 4.54. The molecule has 30 heavy (non-hydrogen) atoms. The number of nitrogens with one attached hydrogen (secondary N) is 2. The summed E-state index contributed by atoms with van der Waals surface area (Å²) in [7, 11) is 0. The topological polar surface area (TPSA) is 110 Å². The molecule has 3 aliphatic rings. The van der Waals surface area contributed by atoms with Gasteiger partial charge in [-0.15, -0.1) is 0 Å². The summed E-state index contributed by atoms with van der Waals surface area (Å²) in [5.74, 6) is 0.350. The summed E-state index contributed by atoms with van der Waals surface area (Å²) in [6.07, 6.45) is 3.50. The van der Waals surface area contributed by atoms with Crippen LogP contribution in [0.4, 0.5) is 4.79 Å². The summed E-state index contributed by atoms with van der Waals surface area (Å²) < 4.78 is 7.94. The van der Waals surface area contributed by atoms with Gasteiger partial charge in [0.1, 0.15) is 12.9 Å². The molecular formula is C21H24N5O4+. The fourth-order valence-electron chi connectivity index (χ4n) is 4.94. The number of quaternary nitrogens is 1. The van der Waals surface area contributed by atoms with Crippen LogP contribution in [0, 0.1) is 5.92 Å². The first-order valence-corrected chi connectivity index (χ1v) is 10.3. The lowest BCUT2D eigenvalue weighted by Gasteiger charge is -2.52. The van der Waals surface area contributed by atoms with Crippen molar-refractivity contribution < 1.29 is 14.0 Å². The fourth-order valence-corrected chi connectivity index (χ4v) is 4.94. The van der Waals surface area contributed by atoms with Crippen molar-refractivity contribution in [1.29, 1.82) is 0 Å². The third-order valence-electron chi connectivity index (χ3n) is 6.65. The Hall–Kier alpha value is -3.20. The largest absolute Gasteiger partial charge is 0.439 e. The van der Waals surface area contributed by atoms with Crippen molar-refractivity contribution in [2.75, 3.05) is 26.2 Å². The molecular weight excluding hydrogens is 386 g/mol. The van der Waals surface area contributed by atoms with Gasteiger partial charge in [0.05, 0.1) is 19.6 Å². The molecule has 156 valence electrons. The Morgan fingerprint density at radius 3 is 2.70 bits per heavy atom. The molecule has 3 fully saturated rings. The quantitative estimate of drug-likeness (QED) is 0.629. The van der Waals surface area contributed by atoms with Gasteiger partial charge in [0, 0.05) is 25.2 Å². The SMILES string of the molecule is O=C(O[C@H]1C[N+]2(CCc3ccccc3)CCC1CC2)n1cnc2c(=O)[nH]c(=O)[nH]c21. The number of hydrogen-bond donors (Lipinski definition) is 2. The maximum absolute atomic E-state index is 12.8. The van der Waals surface area contributed by atoms with Crippen molar-refractivity contribution >= 4 is 17.3 Å². The third-order valence-corrected chi connectivity index (χ3v) is 6.65. The lowest BCUT2D eigenvalue weighted by Crippen LogP contribution is -2.65. The van der Waals surface area contributed by atoms with Crippen molar-refractivity contribution in [2.45, 2.75) is 25.4 Å².